The second-order valence-electron chi connectivity index (χ2n) is 6.83. The van der Waals surface area contributed by atoms with E-state index < -0.39 is 0 Å². The van der Waals surface area contributed by atoms with Crippen molar-refractivity contribution in [2.45, 2.75) is 25.9 Å². The number of aromatic nitrogens is 2. The van der Waals surface area contributed by atoms with E-state index in [0.29, 0.717) is 36.0 Å². The molecule has 2 aromatic carbocycles. The summed E-state index contributed by atoms with van der Waals surface area (Å²) >= 11 is 0. The molecule has 0 spiro atoms. The van der Waals surface area contributed by atoms with Crippen LogP contribution in [-0.4, -0.2) is 29.3 Å². The van der Waals surface area contributed by atoms with Crippen molar-refractivity contribution in [2.75, 3.05) is 24.3 Å². The number of ether oxygens (including phenoxy) is 2. The van der Waals surface area contributed by atoms with Crippen molar-refractivity contribution in [3.05, 3.63) is 47.8 Å². The van der Waals surface area contributed by atoms with Crippen molar-refractivity contribution in [3.63, 3.8) is 0 Å². The predicted molar refractivity (Wildman–Crippen MR) is 108 cm³/mol. The van der Waals surface area contributed by atoms with Gasteiger partial charge in [0.15, 0.2) is 0 Å². The lowest BCUT2D eigenvalue weighted by molar-refractivity contribution is 0.0258. The molecule has 7 nitrogen and oxygen atoms in total. The predicted octanol–water partition coefficient (Wildman–Crippen LogP) is 3.69. The summed E-state index contributed by atoms with van der Waals surface area (Å²) in [4.78, 5) is 8.75. The largest absolute Gasteiger partial charge is 0.488 e. The van der Waals surface area contributed by atoms with Crippen molar-refractivity contribution in [2.24, 2.45) is 0 Å². The van der Waals surface area contributed by atoms with E-state index in [1.165, 1.54) is 6.33 Å². The molecule has 0 unspecified atom stereocenters. The van der Waals surface area contributed by atoms with Crippen molar-refractivity contribution in [3.8, 4) is 11.8 Å². The first-order chi connectivity index (χ1) is 13.6. The summed E-state index contributed by atoms with van der Waals surface area (Å²) in [6, 6.07) is 11.2. The van der Waals surface area contributed by atoms with E-state index in [1.807, 2.05) is 25.1 Å². The summed E-state index contributed by atoms with van der Waals surface area (Å²) in [7, 11) is 0. The molecule has 142 valence electrons. The van der Waals surface area contributed by atoms with Crippen molar-refractivity contribution < 1.29 is 9.47 Å². The Hall–Kier alpha value is -3.37. The summed E-state index contributed by atoms with van der Waals surface area (Å²) in [6.45, 7) is 3.34. The second-order valence-corrected chi connectivity index (χ2v) is 6.83. The fourth-order valence-corrected chi connectivity index (χ4v) is 3.41. The number of nitriles is 1. The van der Waals surface area contributed by atoms with Gasteiger partial charge >= 0.3 is 0 Å². The topological polar surface area (TPSA) is 106 Å². The summed E-state index contributed by atoms with van der Waals surface area (Å²) in [5.41, 5.74) is 9.66. The molecule has 3 aromatic rings. The number of fused-ring (bicyclic) bond motifs is 1. The highest BCUT2D eigenvalue weighted by molar-refractivity contribution is 5.95. The lowest BCUT2D eigenvalue weighted by atomic mass is 10.1. The van der Waals surface area contributed by atoms with Crippen LogP contribution in [0.3, 0.4) is 0 Å². The van der Waals surface area contributed by atoms with E-state index in [0.717, 1.165) is 35.0 Å². The van der Waals surface area contributed by atoms with E-state index in [4.69, 9.17) is 15.2 Å². The van der Waals surface area contributed by atoms with Gasteiger partial charge < -0.3 is 20.5 Å². The molecule has 28 heavy (non-hydrogen) atoms. The molecule has 1 aromatic heterocycles. The molecule has 0 radical (unpaired) electrons. The molecule has 1 aliphatic rings. The third-order valence-electron chi connectivity index (χ3n) is 4.78. The molecule has 0 bridgehead atoms. The Bertz CT molecular complexity index is 1050. The SMILES string of the molecule is Cc1cc(N)cc2ncnc(Nc3ccc(C#N)cc3OC3CCOCC3)c12. The normalized spacial score (nSPS) is 14.6. The van der Waals surface area contributed by atoms with Gasteiger partial charge in [0.25, 0.3) is 0 Å². The molecule has 1 fully saturated rings. The second kappa shape index (κ2) is 7.71. The minimum atomic E-state index is 0.0620. The van der Waals surface area contributed by atoms with Crippen LogP contribution >= 0.6 is 0 Å². The molecule has 0 atom stereocenters. The Balaban J connectivity index is 1.72. The van der Waals surface area contributed by atoms with Crippen LogP contribution in [0.4, 0.5) is 17.2 Å². The summed E-state index contributed by atoms with van der Waals surface area (Å²) in [6.07, 6.45) is 3.22. The van der Waals surface area contributed by atoms with Crippen LogP contribution in [-0.2, 0) is 4.74 Å². The van der Waals surface area contributed by atoms with Crippen LogP contribution in [0, 0.1) is 18.3 Å². The quantitative estimate of drug-likeness (QED) is 0.670. The Labute approximate surface area is 163 Å². The maximum absolute atomic E-state index is 9.27. The van der Waals surface area contributed by atoms with Gasteiger partial charge in [0.05, 0.1) is 36.1 Å². The zero-order chi connectivity index (χ0) is 19.5. The maximum Gasteiger partial charge on any atom is 0.144 e. The first-order valence-electron chi connectivity index (χ1n) is 9.20. The lowest BCUT2D eigenvalue weighted by Gasteiger charge is -2.25. The first-order valence-corrected chi connectivity index (χ1v) is 9.20. The van der Waals surface area contributed by atoms with Crippen LogP contribution < -0.4 is 15.8 Å². The number of anilines is 3. The molecule has 0 saturated carbocycles. The van der Waals surface area contributed by atoms with Gasteiger partial charge in [-0.3, -0.25) is 0 Å². The Kier molecular flexibility index (Phi) is 4.96. The summed E-state index contributed by atoms with van der Waals surface area (Å²) in [5.74, 6) is 1.30. The Morgan fingerprint density at radius 1 is 1.21 bits per heavy atom. The van der Waals surface area contributed by atoms with Gasteiger partial charge in [-0.05, 0) is 36.8 Å². The number of benzene rings is 2. The first kappa shape index (κ1) is 18.0. The van der Waals surface area contributed by atoms with Gasteiger partial charge in [-0.1, -0.05) is 0 Å². The van der Waals surface area contributed by atoms with Gasteiger partial charge in [0.1, 0.15) is 24.0 Å². The van der Waals surface area contributed by atoms with Crippen molar-refractivity contribution in [1.29, 1.82) is 5.26 Å². The van der Waals surface area contributed by atoms with Crippen LogP contribution in [0.1, 0.15) is 24.0 Å². The number of nitrogens with zero attached hydrogens (tertiary/aromatic N) is 3. The lowest BCUT2D eigenvalue weighted by Crippen LogP contribution is -2.26. The third-order valence-corrected chi connectivity index (χ3v) is 4.78. The molecule has 3 N–H and O–H groups in total. The van der Waals surface area contributed by atoms with E-state index in [9.17, 15) is 5.26 Å². The van der Waals surface area contributed by atoms with Gasteiger partial charge in [-0.15, -0.1) is 0 Å². The van der Waals surface area contributed by atoms with Gasteiger partial charge in [0, 0.05) is 30.0 Å². The maximum atomic E-state index is 9.27. The van der Waals surface area contributed by atoms with Crippen LogP contribution in [0.2, 0.25) is 0 Å². The molecular formula is C21H21N5O2. The summed E-state index contributed by atoms with van der Waals surface area (Å²) in [5, 5.41) is 13.5. The number of aryl methyl sites for hydroxylation is 1. The third kappa shape index (κ3) is 3.68. The highest BCUT2D eigenvalue weighted by Gasteiger charge is 2.18. The minimum absolute atomic E-state index is 0.0620. The van der Waals surface area contributed by atoms with Gasteiger partial charge in [-0.2, -0.15) is 5.26 Å². The molecule has 7 heteroatoms. The number of nitrogens with two attached hydrogens (primary N) is 1. The molecule has 1 saturated heterocycles. The number of hydrogen-bond acceptors (Lipinski definition) is 7. The summed E-state index contributed by atoms with van der Waals surface area (Å²) < 4.78 is 11.6. The fraction of sp³-hybridized carbons (Fsp3) is 0.286. The van der Waals surface area contributed by atoms with E-state index in [2.05, 4.69) is 21.4 Å². The smallest absolute Gasteiger partial charge is 0.144 e. The number of nitrogens with one attached hydrogen (secondary N) is 1. The highest BCUT2D eigenvalue weighted by Crippen LogP contribution is 2.34. The molecule has 4 rings (SSSR count). The van der Waals surface area contributed by atoms with Crippen LogP contribution in [0.25, 0.3) is 10.9 Å². The Morgan fingerprint density at radius 3 is 2.82 bits per heavy atom. The number of rotatable bonds is 4. The van der Waals surface area contributed by atoms with Crippen molar-refractivity contribution in [1.82, 2.24) is 9.97 Å². The molecular weight excluding hydrogens is 354 g/mol. The molecule has 0 amide bonds. The zero-order valence-corrected chi connectivity index (χ0v) is 15.6. The highest BCUT2D eigenvalue weighted by atomic mass is 16.5. The van der Waals surface area contributed by atoms with Gasteiger partial charge in [-0.25, -0.2) is 9.97 Å². The van der Waals surface area contributed by atoms with E-state index in [1.54, 1.807) is 12.1 Å². The average Bonchev–Trinajstić information content (AvgIpc) is 2.69. The molecule has 2 heterocycles. The fourth-order valence-electron chi connectivity index (χ4n) is 3.41. The van der Waals surface area contributed by atoms with Crippen LogP contribution in [0.5, 0.6) is 5.75 Å². The minimum Gasteiger partial charge on any atom is -0.488 e. The van der Waals surface area contributed by atoms with E-state index >= 15 is 0 Å². The van der Waals surface area contributed by atoms with Crippen molar-refractivity contribution >= 4 is 28.1 Å². The van der Waals surface area contributed by atoms with E-state index in [-0.39, 0.29) is 6.10 Å². The molecule has 1 aliphatic heterocycles. The zero-order valence-electron chi connectivity index (χ0n) is 15.6. The molecule has 0 aliphatic carbocycles. The van der Waals surface area contributed by atoms with Gasteiger partial charge in [0.2, 0.25) is 0 Å². The number of hydrogen-bond donors (Lipinski definition) is 2. The standard InChI is InChI=1S/C21H21N5O2/c1-13-8-15(23)10-18-20(13)21(25-12-24-18)26-17-3-2-14(11-22)9-19(17)28-16-4-6-27-7-5-16/h2-3,8-10,12,16H,4-7,23H2,1H3,(H,24,25,26). The van der Waals surface area contributed by atoms with Crippen LogP contribution in [0.15, 0.2) is 36.7 Å². The average molecular weight is 375 g/mol. The number of nitrogen functional groups attached to an aromatic ring is 1. The Morgan fingerprint density at radius 2 is 2.04 bits per heavy atom. The monoisotopic (exact) mass is 375 g/mol.